The van der Waals surface area contributed by atoms with Gasteiger partial charge in [-0.1, -0.05) is 0 Å². The van der Waals surface area contributed by atoms with Crippen molar-refractivity contribution in [2.45, 2.75) is 57.1 Å². The molecule has 1 aromatic rings. The van der Waals surface area contributed by atoms with Crippen LogP contribution < -0.4 is 10.2 Å². The Hall–Kier alpha value is -1.36. The molecule has 3 rings (SSSR count). The first-order chi connectivity index (χ1) is 10.3. The molecule has 1 aliphatic heterocycles. The molecule has 0 bridgehead atoms. The number of rotatable bonds is 4. The minimum absolute atomic E-state index is 0.442. The quantitative estimate of drug-likeness (QED) is 0.924. The first-order valence-electron chi connectivity index (χ1n) is 8.21. The van der Waals surface area contributed by atoms with Crippen LogP contribution in [0, 0.1) is 0 Å². The summed E-state index contributed by atoms with van der Waals surface area (Å²) in [6, 6.07) is 2.62. The van der Waals surface area contributed by atoms with Crippen LogP contribution in [0.4, 0.5) is 11.6 Å². The Balaban J connectivity index is 1.58. The standard InChI is InChI=1S/C16H26N4O/c1-21-14-7-5-13(6-8-14)19-15-11-16(18-12-17-15)20-9-3-2-4-10-20/h11-14H,2-10H2,1H3,(H,17,18,19). The van der Waals surface area contributed by atoms with E-state index in [2.05, 4.69) is 26.3 Å². The Morgan fingerprint density at radius 2 is 1.86 bits per heavy atom. The van der Waals surface area contributed by atoms with E-state index in [0.717, 1.165) is 50.4 Å². The highest BCUT2D eigenvalue weighted by atomic mass is 16.5. The Bertz CT molecular complexity index is 440. The zero-order valence-electron chi connectivity index (χ0n) is 12.9. The fourth-order valence-corrected chi connectivity index (χ4v) is 3.37. The molecule has 1 saturated heterocycles. The van der Waals surface area contributed by atoms with Crippen molar-refractivity contribution in [2.75, 3.05) is 30.4 Å². The van der Waals surface area contributed by atoms with Crippen molar-refractivity contribution in [3.63, 3.8) is 0 Å². The number of piperidine rings is 1. The number of ether oxygens (including phenoxy) is 1. The maximum Gasteiger partial charge on any atom is 0.134 e. The summed E-state index contributed by atoms with van der Waals surface area (Å²) >= 11 is 0. The summed E-state index contributed by atoms with van der Waals surface area (Å²) in [5, 5.41) is 3.57. The fraction of sp³-hybridized carbons (Fsp3) is 0.750. The summed E-state index contributed by atoms with van der Waals surface area (Å²) < 4.78 is 5.43. The second-order valence-corrected chi connectivity index (χ2v) is 6.16. The lowest BCUT2D eigenvalue weighted by Gasteiger charge is -2.30. The van der Waals surface area contributed by atoms with Gasteiger partial charge in [0, 0.05) is 32.3 Å². The van der Waals surface area contributed by atoms with Crippen LogP contribution in [0.3, 0.4) is 0 Å². The fourth-order valence-electron chi connectivity index (χ4n) is 3.37. The molecule has 2 fully saturated rings. The first-order valence-corrected chi connectivity index (χ1v) is 8.21. The monoisotopic (exact) mass is 290 g/mol. The van der Waals surface area contributed by atoms with Crippen LogP contribution in [-0.2, 0) is 4.74 Å². The molecule has 21 heavy (non-hydrogen) atoms. The van der Waals surface area contributed by atoms with Crippen LogP contribution in [0.25, 0.3) is 0 Å². The molecule has 1 aliphatic carbocycles. The lowest BCUT2D eigenvalue weighted by atomic mass is 9.93. The van der Waals surface area contributed by atoms with Gasteiger partial charge in [0.1, 0.15) is 18.0 Å². The number of methoxy groups -OCH3 is 1. The van der Waals surface area contributed by atoms with Gasteiger partial charge in [0.25, 0.3) is 0 Å². The van der Waals surface area contributed by atoms with Crippen molar-refractivity contribution >= 4 is 11.6 Å². The molecule has 5 nitrogen and oxygen atoms in total. The second kappa shape index (κ2) is 7.07. The van der Waals surface area contributed by atoms with Gasteiger partial charge in [-0.05, 0) is 44.9 Å². The van der Waals surface area contributed by atoms with Crippen molar-refractivity contribution in [3.8, 4) is 0 Å². The minimum atomic E-state index is 0.442. The van der Waals surface area contributed by atoms with Gasteiger partial charge in [-0.3, -0.25) is 0 Å². The van der Waals surface area contributed by atoms with Crippen molar-refractivity contribution in [2.24, 2.45) is 0 Å². The molecule has 0 radical (unpaired) electrons. The third kappa shape index (κ3) is 3.84. The molecular formula is C16H26N4O. The Morgan fingerprint density at radius 3 is 2.57 bits per heavy atom. The van der Waals surface area contributed by atoms with Crippen molar-refractivity contribution in [1.29, 1.82) is 0 Å². The molecule has 0 aromatic carbocycles. The van der Waals surface area contributed by atoms with Gasteiger partial charge in [0.2, 0.25) is 0 Å². The van der Waals surface area contributed by atoms with Gasteiger partial charge < -0.3 is 15.0 Å². The Morgan fingerprint density at radius 1 is 1.10 bits per heavy atom. The highest BCUT2D eigenvalue weighted by molar-refractivity contribution is 5.49. The summed E-state index contributed by atoms with van der Waals surface area (Å²) in [5.74, 6) is 2.03. The average molecular weight is 290 g/mol. The van der Waals surface area contributed by atoms with E-state index < -0.39 is 0 Å². The van der Waals surface area contributed by atoms with Gasteiger partial charge in [0.05, 0.1) is 6.10 Å². The van der Waals surface area contributed by atoms with Crippen LogP contribution >= 0.6 is 0 Å². The molecule has 0 atom stereocenters. The van der Waals surface area contributed by atoms with Crippen LogP contribution in [0.1, 0.15) is 44.9 Å². The van der Waals surface area contributed by atoms with Crippen LogP contribution in [-0.4, -0.2) is 42.3 Å². The number of hydrogen-bond acceptors (Lipinski definition) is 5. The van der Waals surface area contributed by atoms with E-state index in [1.165, 1.54) is 19.3 Å². The molecule has 5 heteroatoms. The molecule has 1 saturated carbocycles. The van der Waals surface area contributed by atoms with E-state index in [1.807, 2.05) is 7.11 Å². The summed E-state index contributed by atoms with van der Waals surface area (Å²) in [7, 11) is 1.81. The molecule has 0 amide bonds. The van der Waals surface area contributed by atoms with E-state index >= 15 is 0 Å². The number of nitrogens with zero attached hydrogens (tertiary/aromatic N) is 3. The number of aromatic nitrogens is 2. The maximum absolute atomic E-state index is 5.43. The molecule has 1 aromatic heterocycles. The van der Waals surface area contributed by atoms with E-state index in [9.17, 15) is 0 Å². The molecule has 2 aliphatic rings. The summed E-state index contributed by atoms with van der Waals surface area (Å²) in [5.41, 5.74) is 0. The zero-order chi connectivity index (χ0) is 14.5. The molecule has 2 heterocycles. The predicted molar refractivity (Wildman–Crippen MR) is 84.8 cm³/mol. The number of anilines is 2. The molecule has 0 spiro atoms. The lowest BCUT2D eigenvalue weighted by Crippen LogP contribution is -2.31. The van der Waals surface area contributed by atoms with E-state index in [-0.39, 0.29) is 0 Å². The van der Waals surface area contributed by atoms with Crippen molar-refractivity contribution < 1.29 is 4.74 Å². The maximum atomic E-state index is 5.43. The predicted octanol–water partition coefficient (Wildman–Crippen LogP) is 2.84. The van der Waals surface area contributed by atoms with Gasteiger partial charge in [-0.15, -0.1) is 0 Å². The topological polar surface area (TPSA) is 50.3 Å². The lowest BCUT2D eigenvalue weighted by molar-refractivity contribution is 0.0681. The SMILES string of the molecule is COC1CCC(Nc2cc(N3CCCCC3)ncn2)CC1. The van der Waals surface area contributed by atoms with Gasteiger partial charge in [-0.2, -0.15) is 0 Å². The average Bonchev–Trinajstić information content (AvgIpc) is 2.57. The molecule has 1 N–H and O–H groups in total. The zero-order valence-corrected chi connectivity index (χ0v) is 12.9. The van der Waals surface area contributed by atoms with Crippen LogP contribution in [0.5, 0.6) is 0 Å². The smallest absolute Gasteiger partial charge is 0.134 e. The summed E-state index contributed by atoms with van der Waals surface area (Å²) in [6.07, 6.45) is 10.6. The second-order valence-electron chi connectivity index (χ2n) is 6.16. The largest absolute Gasteiger partial charge is 0.381 e. The highest BCUT2D eigenvalue weighted by Gasteiger charge is 2.21. The molecule has 0 unspecified atom stereocenters. The normalized spacial score (nSPS) is 26.6. The number of nitrogens with one attached hydrogen (secondary N) is 1. The van der Waals surface area contributed by atoms with Crippen molar-refractivity contribution in [3.05, 3.63) is 12.4 Å². The van der Waals surface area contributed by atoms with E-state index in [1.54, 1.807) is 6.33 Å². The van der Waals surface area contributed by atoms with Crippen molar-refractivity contribution in [1.82, 2.24) is 9.97 Å². The van der Waals surface area contributed by atoms with Crippen LogP contribution in [0.15, 0.2) is 12.4 Å². The van der Waals surface area contributed by atoms with E-state index in [4.69, 9.17) is 4.74 Å². The summed E-state index contributed by atoms with van der Waals surface area (Å²) in [4.78, 5) is 11.2. The third-order valence-electron chi connectivity index (χ3n) is 4.69. The van der Waals surface area contributed by atoms with Gasteiger partial charge in [-0.25, -0.2) is 9.97 Å². The highest BCUT2D eigenvalue weighted by Crippen LogP contribution is 2.24. The van der Waals surface area contributed by atoms with Crippen LogP contribution in [0.2, 0.25) is 0 Å². The van der Waals surface area contributed by atoms with Gasteiger partial charge in [0.15, 0.2) is 0 Å². The minimum Gasteiger partial charge on any atom is -0.381 e. The van der Waals surface area contributed by atoms with E-state index in [0.29, 0.717) is 12.1 Å². The number of hydrogen-bond donors (Lipinski definition) is 1. The molecular weight excluding hydrogens is 264 g/mol. The summed E-state index contributed by atoms with van der Waals surface area (Å²) in [6.45, 7) is 2.24. The Labute approximate surface area is 127 Å². The van der Waals surface area contributed by atoms with Gasteiger partial charge >= 0.3 is 0 Å². The molecule has 116 valence electrons. The third-order valence-corrected chi connectivity index (χ3v) is 4.69. The Kier molecular flexibility index (Phi) is 4.91. The first kappa shape index (κ1) is 14.6.